The molecule has 5 heteroatoms. The number of aryl methyl sites for hydroxylation is 1. The molecule has 0 heterocycles. The molecule has 0 atom stereocenters. The summed E-state index contributed by atoms with van der Waals surface area (Å²) in [6, 6.07) is 20.9. The van der Waals surface area contributed by atoms with Crippen molar-refractivity contribution in [2.75, 3.05) is 12.4 Å². The maximum atomic E-state index is 12.6. The molecule has 0 saturated carbocycles. The van der Waals surface area contributed by atoms with Crippen LogP contribution in [-0.4, -0.2) is 13.0 Å². The second-order valence-corrected chi connectivity index (χ2v) is 6.94. The number of nitrogens with one attached hydrogen (secondary N) is 1. The summed E-state index contributed by atoms with van der Waals surface area (Å²) >= 11 is 3.46. The Hall–Kier alpha value is -2.79. The first kappa shape index (κ1) is 19.0. The average molecular weight is 426 g/mol. The molecule has 0 aliphatic heterocycles. The van der Waals surface area contributed by atoms with Crippen LogP contribution in [0.3, 0.4) is 0 Å². The molecule has 138 valence electrons. The molecule has 4 nitrogen and oxygen atoms in total. The molecule has 0 aliphatic carbocycles. The van der Waals surface area contributed by atoms with Gasteiger partial charge >= 0.3 is 0 Å². The number of hydrogen-bond donors (Lipinski definition) is 1. The number of rotatable bonds is 6. The van der Waals surface area contributed by atoms with E-state index in [0.29, 0.717) is 28.1 Å². The van der Waals surface area contributed by atoms with Crippen LogP contribution in [-0.2, 0) is 6.61 Å². The Balaban J connectivity index is 1.82. The van der Waals surface area contributed by atoms with Crippen molar-refractivity contribution < 1.29 is 14.3 Å². The third-order valence-electron chi connectivity index (χ3n) is 4.02. The van der Waals surface area contributed by atoms with Crippen molar-refractivity contribution in [2.24, 2.45) is 0 Å². The summed E-state index contributed by atoms with van der Waals surface area (Å²) in [7, 11) is 1.57. The van der Waals surface area contributed by atoms with Gasteiger partial charge in [-0.15, -0.1) is 0 Å². The lowest BCUT2D eigenvalue weighted by molar-refractivity contribution is 0.102. The molecule has 0 aromatic heterocycles. The number of carbonyl (C=O) groups is 1. The van der Waals surface area contributed by atoms with Gasteiger partial charge in [-0.1, -0.05) is 48.0 Å². The van der Waals surface area contributed by atoms with Gasteiger partial charge in [0.05, 0.1) is 11.6 Å². The molecular weight excluding hydrogens is 406 g/mol. The number of ether oxygens (including phenoxy) is 2. The number of methoxy groups -OCH3 is 1. The molecule has 3 rings (SSSR count). The molecule has 3 aromatic carbocycles. The van der Waals surface area contributed by atoms with Crippen LogP contribution in [0.15, 0.2) is 71.2 Å². The SMILES string of the molecule is COc1c(Br)cc(C(=O)Nc2ccc(C)cc2)cc1OCc1ccccc1. The maximum Gasteiger partial charge on any atom is 0.255 e. The summed E-state index contributed by atoms with van der Waals surface area (Å²) in [6.45, 7) is 2.38. The van der Waals surface area contributed by atoms with E-state index >= 15 is 0 Å². The van der Waals surface area contributed by atoms with E-state index in [1.807, 2.05) is 61.5 Å². The molecule has 0 aliphatic rings. The van der Waals surface area contributed by atoms with Crippen molar-refractivity contribution in [1.29, 1.82) is 0 Å². The first-order valence-corrected chi connectivity index (χ1v) is 9.28. The second kappa shape index (κ2) is 8.73. The molecule has 0 saturated heterocycles. The van der Waals surface area contributed by atoms with Gasteiger partial charge in [-0.2, -0.15) is 0 Å². The number of amides is 1. The quantitative estimate of drug-likeness (QED) is 0.559. The topological polar surface area (TPSA) is 47.6 Å². The monoisotopic (exact) mass is 425 g/mol. The van der Waals surface area contributed by atoms with E-state index in [0.717, 1.165) is 16.8 Å². The predicted octanol–water partition coefficient (Wildman–Crippen LogP) is 5.60. The van der Waals surface area contributed by atoms with Gasteiger partial charge in [0.2, 0.25) is 0 Å². The highest BCUT2D eigenvalue weighted by molar-refractivity contribution is 9.10. The Morgan fingerprint density at radius 1 is 1.04 bits per heavy atom. The van der Waals surface area contributed by atoms with Crippen LogP contribution in [0, 0.1) is 6.92 Å². The van der Waals surface area contributed by atoms with Crippen molar-refractivity contribution in [3.8, 4) is 11.5 Å². The summed E-state index contributed by atoms with van der Waals surface area (Å²) in [4.78, 5) is 12.6. The zero-order valence-corrected chi connectivity index (χ0v) is 16.7. The summed E-state index contributed by atoms with van der Waals surface area (Å²) < 4.78 is 12.0. The number of benzene rings is 3. The molecule has 27 heavy (non-hydrogen) atoms. The third-order valence-corrected chi connectivity index (χ3v) is 4.61. The van der Waals surface area contributed by atoms with E-state index in [2.05, 4.69) is 21.2 Å². The summed E-state index contributed by atoms with van der Waals surface area (Å²) in [5.41, 5.74) is 3.39. The van der Waals surface area contributed by atoms with Crippen molar-refractivity contribution in [3.05, 3.63) is 87.9 Å². The minimum Gasteiger partial charge on any atom is -0.492 e. The molecule has 0 radical (unpaired) electrons. The van der Waals surface area contributed by atoms with Crippen LogP contribution in [0.2, 0.25) is 0 Å². The molecular formula is C22H20BrNO3. The Labute approximate surface area is 167 Å². The van der Waals surface area contributed by atoms with Crippen LogP contribution in [0.1, 0.15) is 21.5 Å². The highest BCUT2D eigenvalue weighted by Gasteiger charge is 2.16. The van der Waals surface area contributed by atoms with Crippen molar-refractivity contribution >= 4 is 27.5 Å². The molecule has 0 fully saturated rings. The van der Waals surface area contributed by atoms with Gasteiger partial charge in [0.25, 0.3) is 5.91 Å². The Bertz CT molecular complexity index is 924. The minimum absolute atomic E-state index is 0.216. The zero-order chi connectivity index (χ0) is 19.2. The molecule has 0 bridgehead atoms. The first-order valence-electron chi connectivity index (χ1n) is 8.49. The normalized spacial score (nSPS) is 10.3. The number of halogens is 1. The Kier molecular flexibility index (Phi) is 6.14. The lowest BCUT2D eigenvalue weighted by atomic mass is 10.1. The standard InChI is InChI=1S/C22H20BrNO3/c1-15-8-10-18(11-9-15)24-22(25)17-12-19(23)21(26-2)20(13-17)27-14-16-6-4-3-5-7-16/h3-13H,14H2,1-2H3,(H,24,25). The van der Waals surface area contributed by atoms with Crippen molar-refractivity contribution in [1.82, 2.24) is 0 Å². The number of hydrogen-bond acceptors (Lipinski definition) is 3. The van der Waals surface area contributed by atoms with Gasteiger partial charge in [-0.25, -0.2) is 0 Å². The van der Waals surface area contributed by atoms with Crippen molar-refractivity contribution in [3.63, 3.8) is 0 Å². The highest BCUT2D eigenvalue weighted by atomic mass is 79.9. The van der Waals surface area contributed by atoms with Crippen LogP contribution in [0.4, 0.5) is 5.69 Å². The molecule has 0 unspecified atom stereocenters. The van der Waals surface area contributed by atoms with E-state index in [-0.39, 0.29) is 5.91 Å². The van der Waals surface area contributed by atoms with E-state index in [1.165, 1.54) is 0 Å². The Morgan fingerprint density at radius 3 is 2.41 bits per heavy atom. The van der Waals surface area contributed by atoms with E-state index in [4.69, 9.17) is 9.47 Å². The van der Waals surface area contributed by atoms with Crippen molar-refractivity contribution in [2.45, 2.75) is 13.5 Å². The minimum atomic E-state index is -0.216. The van der Waals surface area contributed by atoms with Gasteiger partial charge < -0.3 is 14.8 Å². The molecule has 1 amide bonds. The summed E-state index contributed by atoms with van der Waals surface area (Å²) in [6.07, 6.45) is 0. The van der Waals surface area contributed by atoms with Crippen LogP contribution in [0.25, 0.3) is 0 Å². The number of anilines is 1. The zero-order valence-electron chi connectivity index (χ0n) is 15.2. The smallest absolute Gasteiger partial charge is 0.255 e. The van der Waals surface area contributed by atoms with E-state index in [1.54, 1.807) is 19.2 Å². The Morgan fingerprint density at radius 2 is 1.74 bits per heavy atom. The largest absolute Gasteiger partial charge is 0.492 e. The fourth-order valence-corrected chi connectivity index (χ4v) is 3.18. The second-order valence-electron chi connectivity index (χ2n) is 6.08. The third kappa shape index (κ3) is 4.89. The van der Waals surface area contributed by atoms with Gasteiger partial charge in [0.1, 0.15) is 6.61 Å². The highest BCUT2D eigenvalue weighted by Crippen LogP contribution is 2.37. The average Bonchev–Trinajstić information content (AvgIpc) is 2.68. The fraction of sp³-hybridized carbons (Fsp3) is 0.136. The first-order chi connectivity index (χ1) is 13.1. The lowest BCUT2D eigenvalue weighted by Crippen LogP contribution is -2.12. The lowest BCUT2D eigenvalue weighted by Gasteiger charge is -2.14. The molecule has 3 aromatic rings. The fourth-order valence-electron chi connectivity index (χ4n) is 2.58. The summed E-state index contributed by atoms with van der Waals surface area (Å²) in [5.74, 6) is 0.842. The number of carbonyl (C=O) groups excluding carboxylic acids is 1. The molecule has 1 N–H and O–H groups in total. The summed E-state index contributed by atoms with van der Waals surface area (Å²) in [5, 5.41) is 2.89. The molecule has 0 spiro atoms. The van der Waals surface area contributed by atoms with Gasteiger partial charge in [-0.3, -0.25) is 4.79 Å². The van der Waals surface area contributed by atoms with Crippen LogP contribution >= 0.6 is 15.9 Å². The van der Waals surface area contributed by atoms with Gasteiger partial charge in [-0.05, 0) is 52.7 Å². The predicted molar refractivity (Wildman–Crippen MR) is 111 cm³/mol. The van der Waals surface area contributed by atoms with E-state index in [9.17, 15) is 4.79 Å². The maximum absolute atomic E-state index is 12.6. The van der Waals surface area contributed by atoms with E-state index < -0.39 is 0 Å². The van der Waals surface area contributed by atoms with Gasteiger partial charge in [0.15, 0.2) is 11.5 Å². The van der Waals surface area contributed by atoms with Crippen LogP contribution in [0.5, 0.6) is 11.5 Å². The van der Waals surface area contributed by atoms with Crippen LogP contribution < -0.4 is 14.8 Å². The van der Waals surface area contributed by atoms with Gasteiger partial charge in [0, 0.05) is 11.3 Å².